The SMILES string of the molecule is CC(CC(=O)N1CCCC2C(C(=O)O)CCCC21)c1c[nH]c2cccc(-c3ncco3)c12. The fraction of sp³-hybridized carbons (Fsp3) is 0.480. The summed E-state index contributed by atoms with van der Waals surface area (Å²) in [5.41, 5.74) is 2.98. The van der Waals surface area contributed by atoms with Crippen molar-refractivity contribution < 1.29 is 19.1 Å². The highest BCUT2D eigenvalue weighted by molar-refractivity contribution is 5.96. The lowest BCUT2D eigenvalue weighted by Gasteiger charge is -2.46. The van der Waals surface area contributed by atoms with Crippen molar-refractivity contribution in [1.82, 2.24) is 14.9 Å². The number of benzene rings is 1. The molecule has 1 saturated heterocycles. The maximum absolute atomic E-state index is 13.4. The van der Waals surface area contributed by atoms with Gasteiger partial charge in [-0.25, -0.2) is 4.98 Å². The van der Waals surface area contributed by atoms with Crippen LogP contribution in [-0.2, 0) is 9.59 Å². The number of oxazole rings is 1. The van der Waals surface area contributed by atoms with E-state index in [0.717, 1.165) is 60.7 Å². The summed E-state index contributed by atoms with van der Waals surface area (Å²) in [5, 5.41) is 10.7. The molecule has 4 unspecified atom stereocenters. The Morgan fingerprint density at radius 3 is 2.94 bits per heavy atom. The van der Waals surface area contributed by atoms with Gasteiger partial charge in [-0.1, -0.05) is 19.4 Å². The number of carbonyl (C=O) groups excluding carboxylic acids is 1. The van der Waals surface area contributed by atoms with Crippen molar-refractivity contribution in [3.8, 4) is 11.5 Å². The lowest BCUT2D eigenvalue weighted by Crippen LogP contribution is -2.53. The molecule has 1 saturated carbocycles. The molecule has 1 aliphatic carbocycles. The molecule has 2 N–H and O–H groups in total. The first kappa shape index (κ1) is 20.8. The van der Waals surface area contributed by atoms with E-state index in [1.54, 1.807) is 12.5 Å². The summed E-state index contributed by atoms with van der Waals surface area (Å²) in [5.74, 6) is -0.249. The van der Waals surface area contributed by atoms with Gasteiger partial charge in [0.2, 0.25) is 11.8 Å². The number of nitrogens with zero attached hydrogens (tertiary/aromatic N) is 2. The highest BCUT2D eigenvalue weighted by Crippen LogP contribution is 2.41. The van der Waals surface area contributed by atoms with Gasteiger partial charge >= 0.3 is 5.97 Å². The molecule has 4 atom stereocenters. The van der Waals surface area contributed by atoms with Crippen LogP contribution in [0.15, 0.2) is 41.3 Å². The zero-order valence-electron chi connectivity index (χ0n) is 18.3. The minimum absolute atomic E-state index is 0.00611. The molecule has 3 aromatic rings. The zero-order chi connectivity index (χ0) is 22.2. The Morgan fingerprint density at radius 2 is 2.16 bits per heavy atom. The van der Waals surface area contributed by atoms with Crippen LogP contribution in [-0.4, -0.2) is 44.4 Å². The van der Waals surface area contributed by atoms with Crippen LogP contribution in [0.25, 0.3) is 22.4 Å². The molecule has 7 nitrogen and oxygen atoms in total. The summed E-state index contributed by atoms with van der Waals surface area (Å²) in [6, 6.07) is 6.03. The normalized spacial score (nSPS) is 24.3. The number of hydrogen-bond donors (Lipinski definition) is 2. The minimum atomic E-state index is -0.708. The second-order valence-electron chi connectivity index (χ2n) is 9.25. The summed E-state index contributed by atoms with van der Waals surface area (Å²) in [6.45, 7) is 2.81. The molecule has 1 aliphatic heterocycles. The molecule has 5 rings (SSSR count). The van der Waals surface area contributed by atoms with Gasteiger partial charge in [0.05, 0.1) is 12.1 Å². The standard InChI is InChI=1S/C25H29N3O4/c1-15(19-14-27-20-8-2-6-18(23(19)20)24-26-10-12-32-24)13-22(29)28-11-4-7-16-17(25(30)31)5-3-9-21(16)28/h2,6,8,10,12,14-17,21,27H,3-5,7,9,11,13H2,1H3,(H,30,31). The van der Waals surface area contributed by atoms with Crippen LogP contribution in [0.5, 0.6) is 0 Å². The number of hydrogen-bond acceptors (Lipinski definition) is 4. The third-order valence-electron chi connectivity index (χ3n) is 7.41. The maximum atomic E-state index is 13.4. The summed E-state index contributed by atoms with van der Waals surface area (Å²) < 4.78 is 5.55. The van der Waals surface area contributed by atoms with E-state index in [0.29, 0.717) is 12.3 Å². The molecule has 0 radical (unpaired) electrons. The Labute approximate surface area is 186 Å². The van der Waals surface area contributed by atoms with Crippen LogP contribution in [0.1, 0.15) is 56.9 Å². The summed E-state index contributed by atoms with van der Waals surface area (Å²) >= 11 is 0. The summed E-state index contributed by atoms with van der Waals surface area (Å²) in [7, 11) is 0. The van der Waals surface area contributed by atoms with Crippen LogP contribution >= 0.6 is 0 Å². The van der Waals surface area contributed by atoms with Crippen LogP contribution in [0, 0.1) is 11.8 Å². The molecule has 3 heterocycles. The molecule has 0 spiro atoms. The summed E-state index contributed by atoms with van der Waals surface area (Å²) in [4.78, 5) is 34.8. The second-order valence-corrected chi connectivity index (χ2v) is 9.25. The average molecular weight is 436 g/mol. The lowest BCUT2D eigenvalue weighted by atomic mass is 9.71. The first-order valence-corrected chi connectivity index (χ1v) is 11.6. The number of nitrogens with one attached hydrogen (secondary N) is 1. The Kier molecular flexibility index (Phi) is 5.49. The Bertz CT molecular complexity index is 1120. The predicted molar refractivity (Wildman–Crippen MR) is 120 cm³/mol. The molecule has 168 valence electrons. The number of H-pyrrole nitrogens is 1. The van der Waals surface area contributed by atoms with E-state index in [4.69, 9.17) is 4.42 Å². The smallest absolute Gasteiger partial charge is 0.306 e. The highest BCUT2D eigenvalue weighted by Gasteiger charge is 2.43. The minimum Gasteiger partial charge on any atom is -0.481 e. The van der Waals surface area contributed by atoms with Crippen molar-refractivity contribution in [2.75, 3.05) is 6.54 Å². The van der Waals surface area contributed by atoms with Crippen LogP contribution in [0.2, 0.25) is 0 Å². The second kappa shape index (κ2) is 8.45. The molecular formula is C25H29N3O4. The van der Waals surface area contributed by atoms with E-state index < -0.39 is 5.97 Å². The number of amides is 1. The number of aliphatic carboxylic acids is 1. The first-order valence-electron chi connectivity index (χ1n) is 11.6. The Morgan fingerprint density at radius 1 is 1.28 bits per heavy atom. The van der Waals surface area contributed by atoms with E-state index in [9.17, 15) is 14.7 Å². The van der Waals surface area contributed by atoms with E-state index in [1.807, 2.05) is 29.3 Å². The molecule has 7 heteroatoms. The topological polar surface area (TPSA) is 99.4 Å². The van der Waals surface area contributed by atoms with Crippen LogP contribution in [0.4, 0.5) is 0 Å². The molecule has 0 bridgehead atoms. The lowest BCUT2D eigenvalue weighted by molar-refractivity contribution is -0.152. The molecule has 1 aromatic carbocycles. The van der Waals surface area contributed by atoms with Gasteiger partial charge in [-0.15, -0.1) is 0 Å². The van der Waals surface area contributed by atoms with Crippen molar-refractivity contribution in [2.24, 2.45) is 11.8 Å². The molecule has 1 amide bonds. The Hall–Kier alpha value is -3.09. The van der Waals surface area contributed by atoms with Gasteiger partial charge in [0.15, 0.2) is 0 Å². The van der Waals surface area contributed by atoms with Gasteiger partial charge in [-0.2, -0.15) is 0 Å². The third kappa shape index (κ3) is 3.59. The van der Waals surface area contributed by atoms with Crippen molar-refractivity contribution >= 4 is 22.8 Å². The fourth-order valence-electron chi connectivity index (χ4n) is 5.93. The molecular weight excluding hydrogens is 406 g/mol. The average Bonchev–Trinajstić information content (AvgIpc) is 3.48. The van der Waals surface area contributed by atoms with Gasteiger partial charge in [-0.3, -0.25) is 9.59 Å². The predicted octanol–water partition coefficient (Wildman–Crippen LogP) is 4.81. The van der Waals surface area contributed by atoms with Crippen molar-refractivity contribution in [3.05, 3.63) is 42.4 Å². The van der Waals surface area contributed by atoms with E-state index in [-0.39, 0.29) is 29.7 Å². The summed E-state index contributed by atoms with van der Waals surface area (Å²) in [6.07, 6.45) is 9.88. The number of carbonyl (C=O) groups is 2. The van der Waals surface area contributed by atoms with E-state index >= 15 is 0 Å². The number of aromatic nitrogens is 2. The van der Waals surface area contributed by atoms with Gasteiger partial charge in [0.1, 0.15) is 6.26 Å². The molecule has 2 aliphatic rings. The monoisotopic (exact) mass is 435 g/mol. The van der Waals surface area contributed by atoms with Gasteiger partial charge in [0, 0.05) is 41.7 Å². The first-order chi connectivity index (χ1) is 15.5. The van der Waals surface area contributed by atoms with Crippen LogP contribution < -0.4 is 0 Å². The van der Waals surface area contributed by atoms with Crippen molar-refractivity contribution in [3.63, 3.8) is 0 Å². The number of aromatic amines is 1. The number of rotatable bonds is 5. The van der Waals surface area contributed by atoms with E-state index in [1.165, 1.54) is 0 Å². The number of piperidine rings is 1. The molecule has 2 aromatic heterocycles. The Balaban J connectivity index is 1.38. The number of fused-ring (bicyclic) bond motifs is 2. The van der Waals surface area contributed by atoms with E-state index in [2.05, 4.69) is 16.9 Å². The quantitative estimate of drug-likeness (QED) is 0.599. The van der Waals surface area contributed by atoms with Gasteiger partial charge < -0.3 is 19.4 Å². The number of likely N-dealkylation sites (tertiary alicyclic amines) is 1. The maximum Gasteiger partial charge on any atom is 0.306 e. The zero-order valence-corrected chi connectivity index (χ0v) is 18.3. The number of carboxylic acid groups (broad SMARTS) is 1. The molecule has 2 fully saturated rings. The molecule has 32 heavy (non-hydrogen) atoms. The largest absolute Gasteiger partial charge is 0.481 e. The third-order valence-corrected chi connectivity index (χ3v) is 7.41. The highest BCUT2D eigenvalue weighted by atomic mass is 16.4. The van der Waals surface area contributed by atoms with Crippen molar-refractivity contribution in [2.45, 2.75) is 57.4 Å². The number of carboxylic acids is 1. The fourth-order valence-corrected chi connectivity index (χ4v) is 5.93. The van der Waals surface area contributed by atoms with Crippen molar-refractivity contribution in [1.29, 1.82) is 0 Å². The van der Waals surface area contributed by atoms with Gasteiger partial charge in [0.25, 0.3) is 0 Å². The van der Waals surface area contributed by atoms with Crippen LogP contribution in [0.3, 0.4) is 0 Å². The van der Waals surface area contributed by atoms with Gasteiger partial charge in [-0.05, 0) is 55.2 Å².